The van der Waals surface area contributed by atoms with Crippen LogP contribution < -0.4 is 4.72 Å². The smallest absolute Gasteiger partial charge is 0.217 e. The lowest BCUT2D eigenvalue weighted by molar-refractivity contribution is 0.392. The van der Waals surface area contributed by atoms with Crippen LogP contribution in [0.15, 0.2) is 22.7 Å². The van der Waals surface area contributed by atoms with Crippen molar-refractivity contribution in [3.8, 4) is 0 Å². The number of nitrogens with zero attached hydrogens (tertiary/aromatic N) is 1. The fraction of sp³-hybridized carbons (Fsp3) is 0.444. The van der Waals surface area contributed by atoms with Crippen LogP contribution in [0.5, 0.6) is 0 Å². The minimum absolute atomic E-state index is 0.169. The summed E-state index contributed by atoms with van der Waals surface area (Å²) >= 11 is 0. The normalized spacial score (nSPS) is 11.6. The van der Waals surface area contributed by atoms with Gasteiger partial charge >= 0.3 is 0 Å². The average molecular weight is 230 g/mol. The SMILES string of the molecule is C=C(C)CNS(=O)(=O)Cc1cc(C)on1. The van der Waals surface area contributed by atoms with E-state index < -0.39 is 10.0 Å². The Morgan fingerprint density at radius 1 is 1.67 bits per heavy atom. The lowest BCUT2D eigenvalue weighted by Crippen LogP contribution is -2.26. The number of rotatable bonds is 5. The third-order valence-corrected chi connectivity index (χ3v) is 2.87. The van der Waals surface area contributed by atoms with Crippen LogP contribution in [-0.2, 0) is 15.8 Å². The standard InChI is InChI=1S/C9H14N2O3S/c1-7(2)5-10-15(12,13)6-9-4-8(3)14-11-9/h4,10H,1,5-6H2,2-3H3. The summed E-state index contributed by atoms with van der Waals surface area (Å²) in [7, 11) is -3.35. The summed E-state index contributed by atoms with van der Waals surface area (Å²) in [5.41, 5.74) is 1.16. The molecule has 5 nitrogen and oxygen atoms in total. The maximum atomic E-state index is 11.5. The van der Waals surface area contributed by atoms with Crippen LogP contribution in [-0.4, -0.2) is 20.1 Å². The van der Waals surface area contributed by atoms with Crippen LogP contribution in [0.1, 0.15) is 18.4 Å². The molecule has 0 unspecified atom stereocenters. The van der Waals surface area contributed by atoms with E-state index in [2.05, 4.69) is 16.5 Å². The van der Waals surface area contributed by atoms with Crippen molar-refractivity contribution in [2.45, 2.75) is 19.6 Å². The fourth-order valence-electron chi connectivity index (χ4n) is 0.965. The van der Waals surface area contributed by atoms with Crippen LogP contribution in [0.2, 0.25) is 0 Å². The highest BCUT2D eigenvalue weighted by Crippen LogP contribution is 2.05. The molecule has 1 aromatic heterocycles. The summed E-state index contributed by atoms with van der Waals surface area (Å²) in [6.07, 6.45) is 0. The molecule has 0 bridgehead atoms. The van der Waals surface area contributed by atoms with E-state index in [1.165, 1.54) is 0 Å². The van der Waals surface area contributed by atoms with Crippen molar-refractivity contribution in [3.05, 3.63) is 29.7 Å². The summed E-state index contributed by atoms with van der Waals surface area (Å²) in [5, 5.41) is 3.61. The fourth-order valence-corrected chi connectivity index (χ4v) is 2.06. The van der Waals surface area contributed by atoms with Gasteiger partial charge in [0, 0.05) is 12.6 Å². The Morgan fingerprint density at radius 2 is 2.33 bits per heavy atom. The summed E-state index contributed by atoms with van der Waals surface area (Å²) < 4.78 is 30.1. The van der Waals surface area contributed by atoms with Crippen LogP contribution >= 0.6 is 0 Å². The Hall–Kier alpha value is -1.14. The van der Waals surface area contributed by atoms with Crippen LogP contribution in [0.4, 0.5) is 0 Å². The van der Waals surface area contributed by atoms with Gasteiger partial charge < -0.3 is 4.52 Å². The van der Waals surface area contributed by atoms with Crippen LogP contribution in [0, 0.1) is 6.92 Å². The Balaban J connectivity index is 2.60. The molecule has 15 heavy (non-hydrogen) atoms. The van der Waals surface area contributed by atoms with E-state index >= 15 is 0 Å². The average Bonchev–Trinajstić information content (AvgIpc) is 2.47. The molecule has 0 atom stereocenters. The van der Waals surface area contributed by atoms with Gasteiger partial charge in [0.05, 0.1) is 0 Å². The van der Waals surface area contributed by atoms with Crippen LogP contribution in [0.25, 0.3) is 0 Å². The number of sulfonamides is 1. The highest BCUT2D eigenvalue weighted by Gasteiger charge is 2.13. The lowest BCUT2D eigenvalue weighted by atomic mass is 10.4. The Labute approximate surface area is 89.2 Å². The molecule has 0 saturated carbocycles. The Bertz CT molecular complexity index is 448. The topological polar surface area (TPSA) is 72.2 Å². The largest absolute Gasteiger partial charge is 0.361 e. The second-order valence-electron chi connectivity index (χ2n) is 3.47. The first-order valence-electron chi connectivity index (χ1n) is 4.43. The van der Waals surface area contributed by atoms with Crippen molar-refractivity contribution < 1.29 is 12.9 Å². The number of aromatic nitrogens is 1. The minimum Gasteiger partial charge on any atom is -0.361 e. The molecule has 0 aliphatic heterocycles. The van der Waals surface area contributed by atoms with Gasteiger partial charge in [0.15, 0.2) is 0 Å². The zero-order valence-electron chi connectivity index (χ0n) is 8.78. The molecule has 0 aromatic carbocycles. The van der Waals surface area contributed by atoms with Crippen molar-refractivity contribution in [1.82, 2.24) is 9.88 Å². The zero-order chi connectivity index (χ0) is 11.5. The van der Waals surface area contributed by atoms with E-state index in [0.29, 0.717) is 11.5 Å². The molecule has 0 aliphatic carbocycles. The predicted octanol–water partition coefficient (Wildman–Crippen LogP) is 0.979. The van der Waals surface area contributed by atoms with E-state index in [1.54, 1.807) is 19.9 Å². The first-order valence-corrected chi connectivity index (χ1v) is 6.08. The van der Waals surface area contributed by atoms with E-state index in [-0.39, 0.29) is 12.3 Å². The van der Waals surface area contributed by atoms with Gasteiger partial charge in [-0.05, 0) is 13.8 Å². The van der Waals surface area contributed by atoms with E-state index in [1.807, 2.05) is 0 Å². The van der Waals surface area contributed by atoms with Crippen molar-refractivity contribution in [1.29, 1.82) is 0 Å². The van der Waals surface area contributed by atoms with E-state index in [4.69, 9.17) is 4.52 Å². The summed E-state index contributed by atoms with van der Waals surface area (Å²) in [5.74, 6) is 0.428. The zero-order valence-corrected chi connectivity index (χ0v) is 9.60. The predicted molar refractivity (Wildman–Crippen MR) is 56.7 cm³/mol. The third kappa shape index (κ3) is 4.26. The van der Waals surface area contributed by atoms with Gasteiger partial charge in [-0.3, -0.25) is 0 Å². The van der Waals surface area contributed by atoms with Gasteiger partial charge in [-0.15, -0.1) is 0 Å². The molecule has 6 heteroatoms. The molecule has 1 heterocycles. The molecular formula is C9H14N2O3S. The van der Waals surface area contributed by atoms with Gasteiger partial charge in [0.25, 0.3) is 0 Å². The quantitative estimate of drug-likeness (QED) is 0.765. The number of hydrogen-bond acceptors (Lipinski definition) is 4. The Morgan fingerprint density at radius 3 is 2.80 bits per heavy atom. The van der Waals surface area contributed by atoms with Crippen molar-refractivity contribution in [3.63, 3.8) is 0 Å². The maximum absolute atomic E-state index is 11.5. The van der Waals surface area contributed by atoms with Crippen molar-refractivity contribution >= 4 is 10.0 Å². The number of aryl methyl sites for hydroxylation is 1. The second-order valence-corrected chi connectivity index (χ2v) is 5.27. The molecule has 0 radical (unpaired) electrons. The van der Waals surface area contributed by atoms with Crippen molar-refractivity contribution in [2.75, 3.05) is 6.54 Å². The van der Waals surface area contributed by atoms with Gasteiger partial charge in [0.1, 0.15) is 17.2 Å². The first kappa shape index (κ1) is 11.9. The number of nitrogens with one attached hydrogen (secondary N) is 1. The van der Waals surface area contributed by atoms with Crippen molar-refractivity contribution in [2.24, 2.45) is 0 Å². The molecule has 84 valence electrons. The summed E-state index contributed by atoms with van der Waals surface area (Å²) in [4.78, 5) is 0. The Kier molecular flexibility index (Phi) is 3.65. The van der Waals surface area contributed by atoms with Gasteiger partial charge in [0.2, 0.25) is 10.0 Å². The molecular weight excluding hydrogens is 216 g/mol. The van der Waals surface area contributed by atoms with Gasteiger partial charge in [-0.2, -0.15) is 0 Å². The molecule has 0 fully saturated rings. The molecule has 1 rings (SSSR count). The highest BCUT2D eigenvalue weighted by molar-refractivity contribution is 7.88. The van der Waals surface area contributed by atoms with Gasteiger partial charge in [-0.1, -0.05) is 17.3 Å². The summed E-state index contributed by atoms with van der Waals surface area (Å²) in [6, 6.07) is 1.60. The monoisotopic (exact) mass is 230 g/mol. The van der Waals surface area contributed by atoms with E-state index in [9.17, 15) is 8.42 Å². The number of hydrogen-bond donors (Lipinski definition) is 1. The molecule has 1 N–H and O–H groups in total. The molecule has 0 aliphatic rings. The van der Waals surface area contributed by atoms with Gasteiger partial charge in [-0.25, -0.2) is 13.1 Å². The second kappa shape index (κ2) is 4.59. The third-order valence-electron chi connectivity index (χ3n) is 1.61. The molecule has 1 aromatic rings. The molecule has 0 spiro atoms. The minimum atomic E-state index is -3.35. The lowest BCUT2D eigenvalue weighted by Gasteiger charge is -2.03. The molecule has 0 amide bonds. The van der Waals surface area contributed by atoms with E-state index in [0.717, 1.165) is 5.57 Å². The first-order chi connectivity index (χ1) is 6.89. The molecule has 0 saturated heterocycles. The van der Waals surface area contributed by atoms with Crippen LogP contribution in [0.3, 0.4) is 0 Å². The highest BCUT2D eigenvalue weighted by atomic mass is 32.2. The summed E-state index contributed by atoms with van der Waals surface area (Å²) in [6.45, 7) is 7.32. The maximum Gasteiger partial charge on any atom is 0.217 e.